The van der Waals surface area contributed by atoms with Crippen LogP contribution in [0.3, 0.4) is 0 Å². The average Bonchev–Trinajstić information content (AvgIpc) is 2.79. The van der Waals surface area contributed by atoms with E-state index in [4.69, 9.17) is 9.47 Å². The molecule has 2 aromatic rings. The second kappa shape index (κ2) is 10.6. The molecule has 0 unspecified atom stereocenters. The van der Waals surface area contributed by atoms with Crippen LogP contribution in [0.5, 0.6) is 5.75 Å². The number of anilines is 1. The van der Waals surface area contributed by atoms with Crippen LogP contribution in [0.2, 0.25) is 0 Å². The summed E-state index contributed by atoms with van der Waals surface area (Å²) in [6.45, 7) is 7.24. The Morgan fingerprint density at radius 3 is 2.37 bits per heavy atom. The first kappa shape index (κ1) is 21.6. The van der Waals surface area contributed by atoms with Gasteiger partial charge in [-0.1, -0.05) is 30.3 Å². The van der Waals surface area contributed by atoms with Crippen molar-refractivity contribution in [1.82, 2.24) is 4.90 Å². The number of nitrogens with zero attached hydrogens (tertiary/aromatic N) is 1. The Morgan fingerprint density at radius 1 is 1.07 bits per heavy atom. The highest BCUT2D eigenvalue weighted by molar-refractivity contribution is 5.93. The van der Waals surface area contributed by atoms with Crippen molar-refractivity contribution in [2.75, 3.05) is 38.1 Å². The monoisotopic (exact) mass is 412 g/mol. The van der Waals surface area contributed by atoms with Gasteiger partial charge < -0.3 is 19.7 Å². The van der Waals surface area contributed by atoms with Gasteiger partial charge in [0.15, 0.2) is 6.04 Å². The highest BCUT2D eigenvalue weighted by Crippen LogP contribution is 2.17. The molecule has 1 aliphatic rings. The van der Waals surface area contributed by atoms with Crippen molar-refractivity contribution in [3.63, 3.8) is 0 Å². The van der Waals surface area contributed by atoms with E-state index in [1.807, 2.05) is 61.5 Å². The molecule has 2 amide bonds. The van der Waals surface area contributed by atoms with Crippen molar-refractivity contribution in [3.8, 4) is 5.75 Å². The number of carbonyl (C=O) groups is 2. The van der Waals surface area contributed by atoms with Gasteiger partial charge in [0.05, 0.1) is 32.8 Å². The number of rotatable bonds is 7. The molecule has 0 aliphatic carbocycles. The molecule has 0 bridgehead atoms. The summed E-state index contributed by atoms with van der Waals surface area (Å²) < 4.78 is 10.8. The van der Waals surface area contributed by atoms with Crippen LogP contribution in [0.4, 0.5) is 10.5 Å². The van der Waals surface area contributed by atoms with E-state index >= 15 is 0 Å². The fourth-order valence-electron chi connectivity index (χ4n) is 3.44. The number of piperazine rings is 1. The first-order valence-electron chi connectivity index (χ1n) is 10.4. The van der Waals surface area contributed by atoms with Gasteiger partial charge in [-0.15, -0.1) is 0 Å². The summed E-state index contributed by atoms with van der Waals surface area (Å²) in [5, 5.41) is 2.97. The zero-order valence-electron chi connectivity index (χ0n) is 17.6. The third-order valence-corrected chi connectivity index (χ3v) is 5.31. The maximum atomic E-state index is 12.7. The van der Waals surface area contributed by atoms with Crippen molar-refractivity contribution in [1.29, 1.82) is 0 Å². The lowest BCUT2D eigenvalue weighted by molar-refractivity contribution is -0.917. The minimum atomic E-state index is -0.275. The molecule has 2 N–H and O–H groups in total. The molecule has 0 radical (unpaired) electrons. The third-order valence-electron chi connectivity index (χ3n) is 5.31. The first-order valence-corrected chi connectivity index (χ1v) is 10.4. The van der Waals surface area contributed by atoms with Crippen LogP contribution in [-0.2, 0) is 16.1 Å². The Balaban J connectivity index is 1.45. The van der Waals surface area contributed by atoms with Crippen molar-refractivity contribution < 1.29 is 24.0 Å². The van der Waals surface area contributed by atoms with Crippen molar-refractivity contribution in [2.45, 2.75) is 26.5 Å². The standard InChI is InChI=1S/C23H29N3O4/c1-3-29-23(28)26-15-13-25(14-16-26)18(2)22(27)24-20-9-11-21(12-10-20)30-17-19-7-5-4-6-8-19/h4-12,18H,3,13-17H2,1-2H3,(H,24,27)/p+1/t18-/m1/s1. The number of quaternary nitrogens is 1. The van der Waals surface area contributed by atoms with E-state index in [-0.39, 0.29) is 18.0 Å². The van der Waals surface area contributed by atoms with Gasteiger partial charge >= 0.3 is 6.09 Å². The van der Waals surface area contributed by atoms with Crippen LogP contribution in [0.25, 0.3) is 0 Å². The maximum Gasteiger partial charge on any atom is 0.410 e. The Hall–Kier alpha value is -3.06. The van der Waals surface area contributed by atoms with Crippen LogP contribution in [-0.4, -0.2) is 55.7 Å². The van der Waals surface area contributed by atoms with Crippen LogP contribution >= 0.6 is 0 Å². The summed E-state index contributed by atoms with van der Waals surface area (Å²) in [4.78, 5) is 27.3. The summed E-state index contributed by atoms with van der Waals surface area (Å²) in [5.41, 5.74) is 1.85. The van der Waals surface area contributed by atoms with Gasteiger partial charge in [0.1, 0.15) is 12.4 Å². The largest absolute Gasteiger partial charge is 0.489 e. The maximum absolute atomic E-state index is 12.7. The minimum Gasteiger partial charge on any atom is -0.489 e. The van der Waals surface area contributed by atoms with Gasteiger partial charge in [0.25, 0.3) is 5.91 Å². The predicted molar refractivity (Wildman–Crippen MR) is 115 cm³/mol. The van der Waals surface area contributed by atoms with Gasteiger partial charge in [-0.3, -0.25) is 9.69 Å². The molecule has 1 heterocycles. The van der Waals surface area contributed by atoms with Gasteiger partial charge in [-0.2, -0.15) is 0 Å². The molecule has 1 aliphatic heterocycles. The number of amides is 2. The van der Waals surface area contributed by atoms with Crippen LogP contribution < -0.4 is 15.0 Å². The van der Waals surface area contributed by atoms with Gasteiger partial charge in [0, 0.05) is 5.69 Å². The fraction of sp³-hybridized carbons (Fsp3) is 0.391. The molecule has 2 aromatic carbocycles. The number of ether oxygens (including phenoxy) is 2. The Labute approximate surface area is 177 Å². The molecule has 0 aromatic heterocycles. The number of hydrogen-bond acceptors (Lipinski definition) is 4. The third kappa shape index (κ3) is 5.97. The zero-order chi connectivity index (χ0) is 21.3. The van der Waals surface area contributed by atoms with E-state index in [0.29, 0.717) is 26.3 Å². The topological polar surface area (TPSA) is 72.3 Å². The number of hydrogen-bond donors (Lipinski definition) is 2. The molecular weight excluding hydrogens is 382 g/mol. The first-order chi connectivity index (χ1) is 14.6. The number of benzene rings is 2. The normalized spacial score (nSPS) is 15.3. The van der Waals surface area contributed by atoms with E-state index in [9.17, 15) is 9.59 Å². The molecule has 1 atom stereocenters. The van der Waals surface area contributed by atoms with E-state index in [1.165, 1.54) is 0 Å². The molecule has 7 nitrogen and oxygen atoms in total. The highest BCUT2D eigenvalue weighted by Gasteiger charge is 2.31. The van der Waals surface area contributed by atoms with E-state index in [1.54, 1.807) is 11.8 Å². The lowest BCUT2D eigenvalue weighted by Gasteiger charge is -2.34. The van der Waals surface area contributed by atoms with Crippen LogP contribution in [0.1, 0.15) is 19.4 Å². The molecule has 3 rings (SSSR count). The predicted octanol–water partition coefficient (Wildman–Crippen LogP) is 1.95. The molecule has 1 saturated heterocycles. The highest BCUT2D eigenvalue weighted by atomic mass is 16.6. The second-order valence-corrected chi connectivity index (χ2v) is 7.35. The average molecular weight is 413 g/mol. The van der Waals surface area contributed by atoms with Gasteiger partial charge in [0.2, 0.25) is 0 Å². The van der Waals surface area contributed by atoms with Crippen molar-refractivity contribution in [3.05, 3.63) is 60.2 Å². The SMILES string of the molecule is CCOC(=O)N1CC[NH+]([C@H](C)C(=O)Nc2ccc(OCc3ccccc3)cc2)CC1. The Kier molecular flexibility index (Phi) is 7.68. The lowest BCUT2D eigenvalue weighted by Crippen LogP contribution is -3.19. The van der Waals surface area contributed by atoms with E-state index in [0.717, 1.165) is 35.0 Å². The van der Waals surface area contributed by atoms with Crippen molar-refractivity contribution in [2.24, 2.45) is 0 Å². The Morgan fingerprint density at radius 2 is 1.73 bits per heavy atom. The number of nitrogens with one attached hydrogen (secondary N) is 2. The molecule has 7 heteroatoms. The smallest absolute Gasteiger partial charge is 0.410 e. The molecule has 1 fully saturated rings. The molecule has 30 heavy (non-hydrogen) atoms. The fourth-order valence-corrected chi connectivity index (χ4v) is 3.44. The van der Waals surface area contributed by atoms with Crippen LogP contribution in [0, 0.1) is 0 Å². The quantitative estimate of drug-likeness (QED) is 0.729. The summed E-state index contributed by atoms with van der Waals surface area (Å²) >= 11 is 0. The summed E-state index contributed by atoms with van der Waals surface area (Å²) in [5.74, 6) is 0.721. The summed E-state index contributed by atoms with van der Waals surface area (Å²) in [6.07, 6.45) is -0.275. The van der Waals surface area contributed by atoms with Gasteiger partial charge in [-0.25, -0.2) is 4.79 Å². The number of carbonyl (C=O) groups excluding carboxylic acids is 2. The summed E-state index contributed by atoms with van der Waals surface area (Å²) in [7, 11) is 0. The lowest BCUT2D eigenvalue weighted by atomic mass is 10.2. The van der Waals surface area contributed by atoms with Gasteiger partial charge in [-0.05, 0) is 43.7 Å². The molecule has 0 saturated carbocycles. The minimum absolute atomic E-state index is 0.0347. The Bertz CT molecular complexity index is 818. The molecule has 160 valence electrons. The molecular formula is C23H30N3O4+. The van der Waals surface area contributed by atoms with Crippen LogP contribution in [0.15, 0.2) is 54.6 Å². The molecule has 0 spiro atoms. The van der Waals surface area contributed by atoms with Crippen molar-refractivity contribution >= 4 is 17.7 Å². The zero-order valence-corrected chi connectivity index (χ0v) is 17.6. The van der Waals surface area contributed by atoms with E-state index < -0.39 is 0 Å². The van der Waals surface area contributed by atoms with E-state index in [2.05, 4.69) is 5.32 Å². The summed E-state index contributed by atoms with van der Waals surface area (Å²) in [6, 6.07) is 17.2. The second-order valence-electron chi connectivity index (χ2n) is 7.35.